The number of aromatic nitrogens is 2. The van der Waals surface area contributed by atoms with E-state index in [0.29, 0.717) is 5.56 Å². The molecular formula is C17H19N5. The highest BCUT2D eigenvalue weighted by molar-refractivity contribution is 5.55. The van der Waals surface area contributed by atoms with Gasteiger partial charge in [0.2, 0.25) is 0 Å². The van der Waals surface area contributed by atoms with Crippen LogP contribution in [0.5, 0.6) is 0 Å². The van der Waals surface area contributed by atoms with Gasteiger partial charge in [0.25, 0.3) is 0 Å². The molecule has 0 bridgehead atoms. The molecule has 1 aliphatic rings. The normalized spacial score (nSPS) is 15.3. The van der Waals surface area contributed by atoms with Gasteiger partial charge in [0, 0.05) is 50.5 Å². The van der Waals surface area contributed by atoms with Gasteiger partial charge in [0.15, 0.2) is 0 Å². The molecular weight excluding hydrogens is 274 g/mol. The van der Waals surface area contributed by atoms with E-state index in [1.165, 1.54) is 11.3 Å². The second-order valence-corrected chi connectivity index (χ2v) is 5.48. The van der Waals surface area contributed by atoms with Crippen LogP contribution < -0.4 is 9.80 Å². The smallest absolute Gasteiger partial charge is 0.146 e. The highest BCUT2D eigenvalue weighted by Gasteiger charge is 2.19. The molecule has 1 aliphatic heterocycles. The Morgan fingerprint density at radius 1 is 1.09 bits per heavy atom. The fourth-order valence-electron chi connectivity index (χ4n) is 2.93. The molecule has 0 saturated carbocycles. The van der Waals surface area contributed by atoms with E-state index in [4.69, 9.17) is 0 Å². The van der Waals surface area contributed by atoms with E-state index >= 15 is 0 Å². The molecule has 0 N–H and O–H groups in total. The van der Waals surface area contributed by atoms with E-state index in [0.717, 1.165) is 38.4 Å². The molecule has 0 amide bonds. The van der Waals surface area contributed by atoms with Gasteiger partial charge in [-0.05, 0) is 37.1 Å². The summed E-state index contributed by atoms with van der Waals surface area (Å²) in [7, 11) is 0. The van der Waals surface area contributed by atoms with Crippen LogP contribution in [0.4, 0.5) is 11.5 Å². The molecule has 5 nitrogen and oxygen atoms in total. The van der Waals surface area contributed by atoms with Gasteiger partial charge in [-0.2, -0.15) is 5.26 Å². The SMILES string of the molecule is Cc1cnccc1N1CCCN(c2ncccc2C#N)CC1. The van der Waals surface area contributed by atoms with Crippen molar-refractivity contribution < 1.29 is 0 Å². The molecule has 0 aromatic carbocycles. The van der Waals surface area contributed by atoms with Crippen LogP contribution in [-0.2, 0) is 0 Å². The minimum Gasteiger partial charge on any atom is -0.369 e. The lowest BCUT2D eigenvalue weighted by Gasteiger charge is -2.25. The largest absolute Gasteiger partial charge is 0.369 e. The topological polar surface area (TPSA) is 56.1 Å². The quantitative estimate of drug-likeness (QED) is 0.851. The first kappa shape index (κ1) is 14.3. The van der Waals surface area contributed by atoms with E-state index in [9.17, 15) is 5.26 Å². The Labute approximate surface area is 130 Å². The molecule has 22 heavy (non-hydrogen) atoms. The third-order valence-corrected chi connectivity index (χ3v) is 4.03. The molecule has 0 aliphatic carbocycles. The number of rotatable bonds is 2. The van der Waals surface area contributed by atoms with Crippen molar-refractivity contribution in [3.05, 3.63) is 47.9 Å². The molecule has 5 heteroatoms. The number of nitriles is 1. The summed E-state index contributed by atoms with van der Waals surface area (Å²) in [5, 5.41) is 9.25. The van der Waals surface area contributed by atoms with Crippen LogP contribution in [0.15, 0.2) is 36.8 Å². The Balaban J connectivity index is 1.78. The summed E-state index contributed by atoms with van der Waals surface area (Å²) in [5.41, 5.74) is 3.10. The Bertz CT molecular complexity index is 691. The summed E-state index contributed by atoms with van der Waals surface area (Å²) >= 11 is 0. The number of anilines is 2. The van der Waals surface area contributed by atoms with Crippen molar-refractivity contribution in [2.75, 3.05) is 36.0 Å². The number of nitrogens with zero attached hydrogens (tertiary/aromatic N) is 5. The third-order valence-electron chi connectivity index (χ3n) is 4.03. The predicted octanol–water partition coefficient (Wildman–Crippen LogP) is 2.37. The standard InChI is InChI=1S/C17H19N5/c1-14-13-19-7-5-16(14)21-8-3-9-22(11-10-21)17-15(12-18)4-2-6-20-17/h2,4-7,13H,3,8-11H2,1H3. The zero-order valence-corrected chi connectivity index (χ0v) is 12.7. The second kappa shape index (κ2) is 6.44. The molecule has 0 radical (unpaired) electrons. The first-order valence-electron chi connectivity index (χ1n) is 7.55. The lowest BCUT2D eigenvalue weighted by molar-refractivity contribution is 0.796. The minimum atomic E-state index is 0.649. The van der Waals surface area contributed by atoms with Crippen molar-refractivity contribution in [1.29, 1.82) is 5.26 Å². The lowest BCUT2D eigenvalue weighted by Crippen LogP contribution is -2.31. The minimum absolute atomic E-state index is 0.649. The van der Waals surface area contributed by atoms with Gasteiger partial charge in [-0.1, -0.05) is 0 Å². The summed E-state index contributed by atoms with van der Waals surface area (Å²) in [5.74, 6) is 0.804. The van der Waals surface area contributed by atoms with Crippen LogP contribution in [-0.4, -0.2) is 36.1 Å². The average molecular weight is 293 g/mol. The maximum Gasteiger partial charge on any atom is 0.146 e. The lowest BCUT2D eigenvalue weighted by atomic mass is 10.2. The van der Waals surface area contributed by atoms with Crippen LogP contribution in [0.1, 0.15) is 17.5 Å². The van der Waals surface area contributed by atoms with Crippen LogP contribution >= 0.6 is 0 Å². The van der Waals surface area contributed by atoms with Gasteiger partial charge in [0.1, 0.15) is 11.9 Å². The molecule has 3 heterocycles. The highest BCUT2D eigenvalue weighted by Crippen LogP contribution is 2.22. The Morgan fingerprint density at radius 2 is 1.91 bits per heavy atom. The van der Waals surface area contributed by atoms with Crippen LogP contribution in [0, 0.1) is 18.3 Å². The van der Waals surface area contributed by atoms with Crippen LogP contribution in [0.2, 0.25) is 0 Å². The van der Waals surface area contributed by atoms with Gasteiger partial charge >= 0.3 is 0 Å². The molecule has 2 aromatic heterocycles. The zero-order valence-electron chi connectivity index (χ0n) is 12.7. The molecule has 112 valence electrons. The number of hydrogen-bond donors (Lipinski definition) is 0. The summed E-state index contributed by atoms with van der Waals surface area (Å²) in [6.07, 6.45) is 6.55. The Hall–Kier alpha value is -2.61. The van der Waals surface area contributed by atoms with E-state index in [2.05, 4.69) is 38.8 Å². The predicted molar refractivity (Wildman–Crippen MR) is 87.0 cm³/mol. The summed E-state index contributed by atoms with van der Waals surface area (Å²) < 4.78 is 0. The van der Waals surface area contributed by atoms with E-state index < -0.39 is 0 Å². The molecule has 2 aromatic rings. The van der Waals surface area contributed by atoms with Crippen molar-refractivity contribution in [2.24, 2.45) is 0 Å². The number of hydrogen-bond acceptors (Lipinski definition) is 5. The first-order valence-corrected chi connectivity index (χ1v) is 7.55. The molecule has 0 unspecified atom stereocenters. The molecule has 0 atom stereocenters. The average Bonchev–Trinajstić information content (AvgIpc) is 2.81. The summed E-state index contributed by atoms with van der Waals surface area (Å²) in [6, 6.07) is 7.96. The Morgan fingerprint density at radius 3 is 2.73 bits per heavy atom. The van der Waals surface area contributed by atoms with Gasteiger partial charge in [-0.3, -0.25) is 4.98 Å². The van der Waals surface area contributed by atoms with Crippen molar-refractivity contribution in [3.8, 4) is 6.07 Å². The molecule has 1 fully saturated rings. The number of aryl methyl sites for hydroxylation is 1. The monoisotopic (exact) mass is 293 g/mol. The van der Waals surface area contributed by atoms with Crippen molar-refractivity contribution >= 4 is 11.5 Å². The second-order valence-electron chi connectivity index (χ2n) is 5.48. The van der Waals surface area contributed by atoms with E-state index in [1.54, 1.807) is 6.20 Å². The maximum absolute atomic E-state index is 9.25. The van der Waals surface area contributed by atoms with E-state index in [-0.39, 0.29) is 0 Å². The summed E-state index contributed by atoms with van der Waals surface area (Å²) in [4.78, 5) is 13.2. The van der Waals surface area contributed by atoms with Gasteiger partial charge < -0.3 is 9.80 Å². The fourth-order valence-corrected chi connectivity index (χ4v) is 2.93. The van der Waals surface area contributed by atoms with Crippen molar-refractivity contribution in [1.82, 2.24) is 9.97 Å². The van der Waals surface area contributed by atoms with E-state index in [1.807, 2.05) is 24.5 Å². The molecule has 0 spiro atoms. The van der Waals surface area contributed by atoms with Gasteiger partial charge in [-0.15, -0.1) is 0 Å². The van der Waals surface area contributed by atoms with Crippen LogP contribution in [0.3, 0.4) is 0 Å². The van der Waals surface area contributed by atoms with Crippen molar-refractivity contribution in [2.45, 2.75) is 13.3 Å². The Kier molecular flexibility index (Phi) is 4.19. The highest BCUT2D eigenvalue weighted by atomic mass is 15.2. The van der Waals surface area contributed by atoms with Crippen LogP contribution in [0.25, 0.3) is 0 Å². The fraction of sp³-hybridized carbons (Fsp3) is 0.353. The number of pyridine rings is 2. The molecule has 3 rings (SSSR count). The van der Waals surface area contributed by atoms with Crippen molar-refractivity contribution in [3.63, 3.8) is 0 Å². The van der Waals surface area contributed by atoms with Gasteiger partial charge in [0.05, 0.1) is 5.56 Å². The summed E-state index contributed by atoms with van der Waals surface area (Å²) in [6.45, 7) is 5.82. The first-order chi connectivity index (χ1) is 10.8. The maximum atomic E-state index is 9.25. The zero-order chi connectivity index (χ0) is 15.4. The molecule has 1 saturated heterocycles. The third kappa shape index (κ3) is 2.86. The van der Waals surface area contributed by atoms with Gasteiger partial charge in [-0.25, -0.2) is 4.98 Å².